The van der Waals surface area contributed by atoms with Gasteiger partial charge in [0, 0.05) is 36.2 Å². The Morgan fingerprint density at radius 1 is 1.17 bits per heavy atom. The summed E-state index contributed by atoms with van der Waals surface area (Å²) in [6.45, 7) is 4.71. The Kier molecular flexibility index (Phi) is 5.67. The normalized spacial score (nSPS) is 26.2. The first-order chi connectivity index (χ1) is 14.7. The van der Waals surface area contributed by atoms with Gasteiger partial charge in [0.2, 0.25) is 0 Å². The smallest absolute Gasteiger partial charge is 0.0762 e. The molecular weight excluding hydrogens is 372 g/mol. The molecule has 162 valence electrons. The molecule has 5 rings (SSSR count). The molecule has 3 fully saturated rings. The minimum atomic E-state index is 0.0892. The van der Waals surface area contributed by atoms with Crippen LogP contribution in [0.3, 0.4) is 0 Å². The van der Waals surface area contributed by atoms with Crippen LogP contribution in [0, 0.1) is 6.92 Å². The number of aryl methyl sites for hydroxylation is 1. The summed E-state index contributed by atoms with van der Waals surface area (Å²) in [6.07, 6.45) is 14.6. The highest BCUT2D eigenvalue weighted by Gasteiger charge is 2.48. The molecule has 30 heavy (non-hydrogen) atoms. The summed E-state index contributed by atoms with van der Waals surface area (Å²) >= 11 is 0. The largest absolute Gasteiger partial charge is 0.375 e. The summed E-state index contributed by atoms with van der Waals surface area (Å²) < 4.78 is 6.41. The van der Waals surface area contributed by atoms with E-state index in [0.29, 0.717) is 0 Å². The standard InChI is InChI=1S/C25H36N4O/c1-19-15-22(29-28-19)17-26-13-11-24(12-14-30-25(18-24)9-2-3-10-25)23-8-7-21(16-27-23)20-5-4-6-20/h7-8,15-16,20,26H,2-6,9-14,17-18H2,1H3,(H,28,29). The van der Waals surface area contributed by atoms with Crippen LogP contribution in [0.25, 0.3) is 0 Å². The number of nitrogens with zero attached hydrogens (tertiary/aromatic N) is 2. The van der Waals surface area contributed by atoms with Gasteiger partial charge in [0.25, 0.3) is 0 Å². The van der Waals surface area contributed by atoms with Crippen LogP contribution in [-0.4, -0.2) is 33.9 Å². The summed E-state index contributed by atoms with van der Waals surface area (Å²) in [6, 6.07) is 6.83. The number of hydrogen-bond acceptors (Lipinski definition) is 4. The van der Waals surface area contributed by atoms with E-state index >= 15 is 0 Å². The van der Waals surface area contributed by atoms with Crippen molar-refractivity contribution >= 4 is 0 Å². The molecule has 2 aliphatic carbocycles. The number of nitrogens with one attached hydrogen (secondary N) is 2. The van der Waals surface area contributed by atoms with E-state index < -0.39 is 0 Å². The fourth-order valence-electron chi connectivity index (χ4n) is 5.93. The minimum Gasteiger partial charge on any atom is -0.375 e. The molecule has 2 aromatic heterocycles. The lowest BCUT2D eigenvalue weighted by Crippen LogP contribution is -2.47. The molecule has 1 saturated heterocycles. The van der Waals surface area contributed by atoms with Crippen LogP contribution < -0.4 is 5.32 Å². The molecule has 0 aromatic carbocycles. The zero-order chi connectivity index (χ0) is 20.4. The molecule has 5 heteroatoms. The van der Waals surface area contributed by atoms with E-state index in [9.17, 15) is 0 Å². The van der Waals surface area contributed by atoms with Gasteiger partial charge in [-0.25, -0.2) is 0 Å². The predicted octanol–water partition coefficient (Wildman–Crippen LogP) is 4.92. The topological polar surface area (TPSA) is 62.8 Å². The number of hydrogen-bond donors (Lipinski definition) is 2. The van der Waals surface area contributed by atoms with Gasteiger partial charge in [-0.05, 0) is 82.0 Å². The number of rotatable bonds is 7. The Hall–Kier alpha value is -1.72. The Morgan fingerprint density at radius 3 is 2.70 bits per heavy atom. The second-order valence-electron chi connectivity index (χ2n) is 10.0. The molecule has 3 aliphatic rings. The molecule has 0 amide bonds. The monoisotopic (exact) mass is 408 g/mol. The fraction of sp³-hybridized carbons (Fsp3) is 0.680. The number of aromatic nitrogens is 3. The molecule has 2 aromatic rings. The van der Waals surface area contributed by atoms with Gasteiger partial charge in [0.05, 0.1) is 11.3 Å². The average molecular weight is 409 g/mol. The van der Waals surface area contributed by atoms with Gasteiger partial charge in [-0.1, -0.05) is 25.3 Å². The molecule has 0 radical (unpaired) electrons. The van der Waals surface area contributed by atoms with Crippen molar-refractivity contribution in [2.24, 2.45) is 0 Å². The molecule has 5 nitrogen and oxygen atoms in total. The van der Waals surface area contributed by atoms with Crippen molar-refractivity contribution in [2.45, 2.75) is 94.6 Å². The first-order valence-corrected chi connectivity index (χ1v) is 12.0. The minimum absolute atomic E-state index is 0.0892. The average Bonchev–Trinajstić information content (AvgIpc) is 3.33. The molecule has 2 saturated carbocycles. The van der Waals surface area contributed by atoms with E-state index in [1.165, 1.54) is 56.2 Å². The number of pyridine rings is 1. The van der Waals surface area contributed by atoms with Gasteiger partial charge < -0.3 is 10.1 Å². The van der Waals surface area contributed by atoms with E-state index in [1.807, 2.05) is 6.92 Å². The van der Waals surface area contributed by atoms with E-state index in [-0.39, 0.29) is 11.0 Å². The van der Waals surface area contributed by atoms with Crippen LogP contribution in [0.2, 0.25) is 0 Å². The van der Waals surface area contributed by atoms with E-state index in [0.717, 1.165) is 56.3 Å². The summed E-state index contributed by atoms with van der Waals surface area (Å²) in [7, 11) is 0. The number of ether oxygens (including phenoxy) is 1. The van der Waals surface area contributed by atoms with Gasteiger partial charge in [0.15, 0.2) is 0 Å². The lowest BCUT2D eigenvalue weighted by atomic mass is 9.67. The maximum atomic E-state index is 6.41. The van der Waals surface area contributed by atoms with Crippen molar-refractivity contribution in [3.63, 3.8) is 0 Å². The van der Waals surface area contributed by atoms with Crippen molar-refractivity contribution < 1.29 is 4.74 Å². The highest BCUT2D eigenvalue weighted by atomic mass is 16.5. The van der Waals surface area contributed by atoms with Crippen LogP contribution in [0.15, 0.2) is 24.4 Å². The molecule has 1 spiro atoms. The second kappa shape index (κ2) is 8.43. The maximum Gasteiger partial charge on any atom is 0.0762 e. The summed E-state index contributed by atoms with van der Waals surface area (Å²) in [5, 5.41) is 11.0. The molecule has 3 heterocycles. The van der Waals surface area contributed by atoms with Crippen molar-refractivity contribution in [3.8, 4) is 0 Å². The Bertz CT molecular complexity index is 835. The van der Waals surface area contributed by atoms with E-state index in [2.05, 4.69) is 39.9 Å². The quantitative estimate of drug-likeness (QED) is 0.638. The second-order valence-corrected chi connectivity index (χ2v) is 10.0. The first kappa shape index (κ1) is 20.2. The van der Waals surface area contributed by atoms with Gasteiger partial charge in [-0.2, -0.15) is 5.10 Å². The SMILES string of the molecule is Cc1cc(CNCCC2(c3ccc(C4CCC4)cn3)CCOC3(CCCC3)C2)n[nH]1. The lowest BCUT2D eigenvalue weighted by Gasteiger charge is -2.46. The fourth-order valence-corrected chi connectivity index (χ4v) is 5.93. The van der Waals surface area contributed by atoms with Crippen LogP contribution in [0.5, 0.6) is 0 Å². The number of aromatic amines is 1. The van der Waals surface area contributed by atoms with E-state index in [4.69, 9.17) is 9.72 Å². The van der Waals surface area contributed by atoms with Crippen LogP contribution in [0.1, 0.15) is 92.8 Å². The maximum absolute atomic E-state index is 6.41. The summed E-state index contributed by atoms with van der Waals surface area (Å²) in [5.74, 6) is 0.748. The molecule has 1 atom stereocenters. The lowest BCUT2D eigenvalue weighted by molar-refractivity contribution is -0.104. The molecule has 2 N–H and O–H groups in total. The third-order valence-corrected chi connectivity index (χ3v) is 7.92. The van der Waals surface area contributed by atoms with E-state index in [1.54, 1.807) is 0 Å². The Balaban J connectivity index is 1.32. The first-order valence-electron chi connectivity index (χ1n) is 12.0. The van der Waals surface area contributed by atoms with Crippen molar-refractivity contribution in [2.75, 3.05) is 13.2 Å². The highest BCUT2D eigenvalue weighted by molar-refractivity contribution is 5.26. The van der Waals surface area contributed by atoms with Crippen molar-refractivity contribution in [1.29, 1.82) is 0 Å². The molecule has 1 unspecified atom stereocenters. The zero-order valence-electron chi connectivity index (χ0n) is 18.4. The van der Waals surface area contributed by atoms with Crippen molar-refractivity contribution in [1.82, 2.24) is 20.5 Å². The molecule has 0 bridgehead atoms. The third-order valence-electron chi connectivity index (χ3n) is 7.92. The Labute approximate surface area is 180 Å². The van der Waals surface area contributed by atoms with Crippen molar-refractivity contribution in [3.05, 3.63) is 47.0 Å². The summed E-state index contributed by atoms with van der Waals surface area (Å²) in [5.41, 5.74) is 5.14. The molecule has 1 aliphatic heterocycles. The van der Waals surface area contributed by atoms with Crippen LogP contribution in [0.4, 0.5) is 0 Å². The van der Waals surface area contributed by atoms with Gasteiger partial charge >= 0.3 is 0 Å². The Morgan fingerprint density at radius 2 is 2.03 bits per heavy atom. The van der Waals surface area contributed by atoms with Crippen LogP contribution >= 0.6 is 0 Å². The highest BCUT2D eigenvalue weighted by Crippen LogP contribution is 2.49. The van der Waals surface area contributed by atoms with Crippen LogP contribution in [-0.2, 0) is 16.7 Å². The zero-order valence-corrected chi connectivity index (χ0v) is 18.4. The summed E-state index contributed by atoms with van der Waals surface area (Å²) in [4.78, 5) is 5.07. The van der Waals surface area contributed by atoms with Gasteiger partial charge in [-0.3, -0.25) is 10.1 Å². The molecular formula is C25H36N4O. The number of H-pyrrole nitrogens is 1. The third kappa shape index (κ3) is 4.06. The van der Waals surface area contributed by atoms with Gasteiger partial charge in [0.1, 0.15) is 0 Å². The predicted molar refractivity (Wildman–Crippen MR) is 119 cm³/mol. The van der Waals surface area contributed by atoms with Gasteiger partial charge in [-0.15, -0.1) is 0 Å².